The van der Waals surface area contributed by atoms with Crippen molar-refractivity contribution in [3.05, 3.63) is 63.0 Å². The lowest BCUT2D eigenvalue weighted by atomic mass is 10.3. The highest BCUT2D eigenvalue weighted by Crippen LogP contribution is 2.31. The average molecular weight is 392 g/mol. The molecule has 0 aliphatic carbocycles. The Morgan fingerprint density at radius 1 is 1.18 bits per heavy atom. The molecule has 10 heteroatoms. The highest BCUT2D eigenvalue weighted by atomic mass is 32.1. The topological polar surface area (TPSA) is 107 Å². The maximum absolute atomic E-state index is 13.1. The van der Waals surface area contributed by atoms with Crippen LogP contribution in [-0.4, -0.2) is 39.7 Å². The maximum atomic E-state index is 13.1. The molecular formula is C18H16N8OS. The first-order valence-corrected chi connectivity index (χ1v) is 9.53. The zero-order chi connectivity index (χ0) is 19.3. The average Bonchev–Trinajstić information content (AvgIpc) is 3.37. The molecule has 5 aromatic rings. The molecule has 1 N–H and O–H groups in total. The van der Waals surface area contributed by atoms with Crippen molar-refractivity contribution >= 4 is 32.6 Å². The molecule has 0 spiro atoms. The second-order valence-electron chi connectivity index (χ2n) is 6.60. The number of aromatic nitrogens is 8. The Morgan fingerprint density at radius 3 is 2.86 bits per heavy atom. The van der Waals surface area contributed by atoms with Crippen LogP contribution in [-0.2, 0) is 20.0 Å². The van der Waals surface area contributed by atoms with E-state index in [1.807, 2.05) is 36.7 Å². The van der Waals surface area contributed by atoms with Gasteiger partial charge >= 0.3 is 0 Å². The van der Waals surface area contributed by atoms with Crippen LogP contribution < -0.4 is 5.56 Å². The van der Waals surface area contributed by atoms with Gasteiger partial charge in [0.05, 0.1) is 35.0 Å². The van der Waals surface area contributed by atoms with Crippen LogP contribution in [0.1, 0.15) is 22.1 Å². The van der Waals surface area contributed by atoms with Gasteiger partial charge in [0, 0.05) is 24.5 Å². The van der Waals surface area contributed by atoms with E-state index in [1.54, 1.807) is 23.7 Å². The number of aromatic amines is 1. The zero-order valence-corrected chi connectivity index (χ0v) is 16.1. The molecule has 0 aliphatic rings. The number of aryl methyl sites for hydroxylation is 2. The first-order chi connectivity index (χ1) is 13.6. The smallest absolute Gasteiger partial charge is 0.291 e. The van der Waals surface area contributed by atoms with Crippen LogP contribution >= 0.6 is 11.3 Å². The number of hydrogen-bond acceptors (Lipinski definition) is 7. The van der Waals surface area contributed by atoms with Crippen molar-refractivity contribution in [3.8, 4) is 0 Å². The fourth-order valence-corrected chi connectivity index (χ4v) is 4.45. The molecule has 140 valence electrons. The van der Waals surface area contributed by atoms with Gasteiger partial charge in [-0.3, -0.25) is 9.78 Å². The van der Waals surface area contributed by atoms with Gasteiger partial charge in [-0.15, -0.1) is 11.3 Å². The first-order valence-electron chi connectivity index (χ1n) is 8.71. The Balaban J connectivity index is 1.59. The third-order valence-electron chi connectivity index (χ3n) is 4.62. The summed E-state index contributed by atoms with van der Waals surface area (Å²) in [5.41, 5.74) is 3.78. The molecule has 0 aliphatic heterocycles. The molecule has 0 amide bonds. The molecule has 28 heavy (non-hydrogen) atoms. The number of H-pyrrole nitrogens is 1. The molecule has 0 fully saturated rings. The van der Waals surface area contributed by atoms with E-state index in [4.69, 9.17) is 4.98 Å². The largest absolute Gasteiger partial charge is 0.323 e. The second-order valence-corrected chi connectivity index (χ2v) is 7.68. The number of nitrogens with zero attached hydrogens (tertiary/aromatic N) is 7. The first kappa shape index (κ1) is 16.8. The van der Waals surface area contributed by atoms with Gasteiger partial charge in [0.2, 0.25) is 0 Å². The zero-order valence-electron chi connectivity index (χ0n) is 15.2. The third-order valence-corrected chi connectivity index (χ3v) is 5.70. The van der Waals surface area contributed by atoms with Crippen LogP contribution in [0.15, 0.2) is 35.4 Å². The highest BCUT2D eigenvalue weighted by Gasteiger charge is 2.18. The van der Waals surface area contributed by atoms with Crippen LogP contribution in [0.5, 0.6) is 0 Å². The van der Waals surface area contributed by atoms with Gasteiger partial charge < -0.3 is 4.57 Å². The summed E-state index contributed by atoms with van der Waals surface area (Å²) in [5.74, 6) is 0. The Kier molecular flexibility index (Phi) is 3.79. The summed E-state index contributed by atoms with van der Waals surface area (Å²) in [7, 11) is 1.86. The number of rotatable bonds is 4. The van der Waals surface area contributed by atoms with E-state index < -0.39 is 0 Å². The Hall–Kier alpha value is -3.40. The second kappa shape index (κ2) is 6.34. The summed E-state index contributed by atoms with van der Waals surface area (Å²) in [6, 6.07) is 5.75. The predicted molar refractivity (Wildman–Crippen MR) is 105 cm³/mol. The molecule has 0 saturated heterocycles. The molecule has 0 saturated carbocycles. The summed E-state index contributed by atoms with van der Waals surface area (Å²) in [6.45, 7) is 2.26. The predicted octanol–water partition coefficient (Wildman–Crippen LogP) is 1.81. The summed E-state index contributed by atoms with van der Waals surface area (Å²) < 4.78 is 4.25. The fraction of sp³-hybridized carbons (Fsp3) is 0.222. The van der Waals surface area contributed by atoms with Gasteiger partial charge in [0.15, 0.2) is 5.65 Å². The minimum absolute atomic E-state index is 0.147. The van der Waals surface area contributed by atoms with E-state index in [0.29, 0.717) is 18.5 Å². The van der Waals surface area contributed by atoms with Crippen molar-refractivity contribution in [2.24, 2.45) is 7.05 Å². The van der Waals surface area contributed by atoms with E-state index in [1.165, 1.54) is 4.68 Å². The lowest BCUT2D eigenvalue weighted by Crippen LogP contribution is -2.25. The van der Waals surface area contributed by atoms with Crippen molar-refractivity contribution in [3.63, 3.8) is 0 Å². The Labute approximate surface area is 162 Å². The minimum Gasteiger partial charge on any atom is -0.323 e. The number of nitrogens with one attached hydrogen (secondary N) is 1. The van der Waals surface area contributed by atoms with E-state index in [9.17, 15) is 4.79 Å². The molecule has 0 aromatic carbocycles. The van der Waals surface area contributed by atoms with Crippen molar-refractivity contribution < 1.29 is 0 Å². The molecule has 0 unspecified atom stereocenters. The van der Waals surface area contributed by atoms with E-state index in [-0.39, 0.29) is 5.56 Å². The molecule has 0 atom stereocenters. The van der Waals surface area contributed by atoms with Gasteiger partial charge in [-0.2, -0.15) is 20.5 Å². The summed E-state index contributed by atoms with van der Waals surface area (Å²) >= 11 is 1.55. The summed E-state index contributed by atoms with van der Waals surface area (Å²) in [5, 5.41) is 16.6. The van der Waals surface area contributed by atoms with Crippen LogP contribution in [0.3, 0.4) is 0 Å². The van der Waals surface area contributed by atoms with Crippen molar-refractivity contribution in [2.75, 3.05) is 0 Å². The van der Waals surface area contributed by atoms with E-state index in [2.05, 4.69) is 25.5 Å². The van der Waals surface area contributed by atoms with Gasteiger partial charge in [-0.1, -0.05) is 6.07 Å². The fourth-order valence-electron chi connectivity index (χ4n) is 3.33. The monoisotopic (exact) mass is 392 g/mol. The van der Waals surface area contributed by atoms with Crippen LogP contribution in [0, 0.1) is 6.92 Å². The molecule has 0 bridgehead atoms. The van der Waals surface area contributed by atoms with E-state index >= 15 is 0 Å². The number of hydrogen-bond donors (Lipinski definition) is 1. The van der Waals surface area contributed by atoms with Crippen LogP contribution in [0.4, 0.5) is 0 Å². The lowest BCUT2D eigenvalue weighted by molar-refractivity contribution is 0.631. The van der Waals surface area contributed by atoms with Crippen LogP contribution in [0.2, 0.25) is 0 Å². The third kappa shape index (κ3) is 2.69. The summed E-state index contributed by atoms with van der Waals surface area (Å²) in [4.78, 5) is 22.2. The molecular weight excluding hydrogens is 376 g/mol. The quantitative estimate of drug-likeness (QED) is 0.500. The molecule has 5 rings (SSSR count). The van der Waals surface area contributed by atoms with Gasteiger partial charge in [-0.25, -0.2) is 9.67 Å². The number of thiazole rings is 1. The normalized spacial score (nSPS) is 11.6. The SMILES string of the molecule is Cc1cccc(Cn2ncc3c4sc(Cc5cn[nH]n5)nc4n(C)c3c2=O)n1. The lowest BCUT2D eigenvalue weighted by Gasteiger charge is -2.06. The minimum atomic E-state index is -0.147. The standard InChI is InChI=1S/C18H16N8OS/c1-10-4-3-5-11(21-10)9-26-18(27)15-13(8-20-26)16-17(25(15)2)22-14(28-16)6-12-7-19-24-23-12/h3-5,7-8H,6,9H2,1-2H3,(H,19,23,24). The molecule has 5 heterocycles. The van der Waals surface area contributed by atoms with Gasteiger partial charge in [0.1, 0.15) is 10.5 Å². The van der Waals surface area contributed by atoms with Gasteiger partial charge in [-0.05, 0) is 19.1 Å². The molecule has 9 nitrogen and oxygen atoms in total. The number of fused-ring (bicyclic) bond motifs is 3. The summed E-state index contributed by atoms with van der Waals surface area (Å²) in [6.07, 6.45) is 4.03. The highest BCUT2D eigenvalue weighted by molar-refractivity contribution is 7.19. The Morgan fingerprint density at radius 2 is 2.07 bits per heavy atom. The van der Waals surface area contributed by atoms with Crippen molar-refractivity contribution in [1.82, 2.24) is 39.7 Å². The van der Waals surface area contributed by atoms with Crippen molar-refractivity contribution in [2.45, 2.75) is 19.9 Å². The van der Waals surface area contributed by atoms with Crippen molar-refractivity contribution in [1.29, 1.82) is 0 Å². The Bertz CT molecular complexity index is 1360. The molecule has 0 radical (unpaired) electrons. The number of pyridine rings is 1. The van der Waals surface area contributed by atoms with E-state index in [0.717, 1.165) is 37.8 Å². The maximum Gasteiger partial charge on any atom is 0.291 e. The molecule has 5 aromatic heterocycles. The van der Waals surface area contributed by atoms with Gasteiger partial charge in [0.25, 0.3) is 5.56 Å². The van der Waals surface area contributed by atoms with Crippen LogP contribution in [0.25, 0.3) is 21.3 Å².